The normalized spacial score (nSPS) is 10.8. The summed E-state index contributed by atoms with van der Waals surface area (Å²) in [7, 11) is 0. The summed E-state index contributed by atoms with van der Waals surface area (Å²) in [5, 5.41) is 2.74. The number of nitrogens with zero attached hydrogens (tertiary/aromatic N) is 1. The number of benzene rings is 1. The Morgan fingerprint density at radius 3 is 2.68 bits per heavy atom. The molecule has 0 aromatic heterocycles. The van der Waals surface area contributed by atoms with Crippen molar-refractivity contribution in [3.63, 3.8) is 0 Å². The second-order valence-electron chi connectivity index (χ2n) is 4.24. The molecule has 1 amide bonds. The Morgan fingerprint density at radius 1 is 1.37 bits per heavy atom. The first-order valence-electron chi connectivity index (χ1n) is 6.54. The lowest BCUT2D eigenvalue weighted by molar-refractivity contribution is 0.0947. The van der Waals surface area contributed by atoms with Gasteiger partial charge in [0.25, 0.3) is 5.91 Å². The summed E-state index contributed by atoms with van der Waals surface area (Å²) in [4.78, 5) is 14.1. The summed E-state index contributed by atoms with van der Waals surface area (Å²) in [6, 6.07) is 4.71. The Morgan fingerprint density at radius 2 is 2.05 bits per heavy atom. The third kappa shape index (κ3) is 4.91. The molecule has 0 bridgehead atoms. The molecule has 1 aromatic rings. The predicted octanol–water partition coefficient (Wildman–Crippen LogP) is 3.05. The van der Waals surface area contributed by atoms with Crippen molar-refractivity contribution >= 4 is 21.8 Å². The minimum Gasteiger partial charge on any atom is -0.352 e. The monoisotopic (exact) mass is 330 g/mol. The molecule has 0 aliphatic rings. The Bertz CT molecular complexity index is 422. The number of hydrogen-bond donors (Lipinski definition) is 1. The third-order valence-corrected chi connectivity index (χ3v) is 3.64. The van der Waals surface area contributed by atoms with Gasteiger partial charge in [0.1, 0.15) is 5.82 Å². The van der Waals surface area contributed by atoms with Gasteiger partial charge in [0.15, 0.2) is 0 Å². The van der Waals surface area contributed by atoms with Crippen LogP contribution in [0.1, 0.15) is 30.6 Å². The number of carbonyl (C=O) groups excluding carboxylic acids is 1. The molecular formula is C14H20BrFN2O. The van der Waals surface area contributed by atoms with E-state index in [-0.39, 0.29) is 11.5 Å². The maximum absolute atomic E-state index is 13.7. The molecule has 0 atom stereocenters. The van der Waals surface area contributed by atoms with E-state index < -0.39 is 5.82 Å². The molecule has 0 radical (unpaired) electrons. The fourth-order valence-corrected chi connectivity index (χ4v) is 2.19. The van der Waals surface area contributed by atoms with Gasteiger partial charge in [-0.15, -0.1) is 0 Å². The van der Waals surface area contributed by atoms with Gasteiger partial charge in [-0.05, 0) is 54.1 Å². The highest BCUT2D eigenvalue weighted by atomic mass is 79.9. The van der Waals surface area contributed by atoms with Gasteiger partial charge in [-0.25, -0.2) is 4.39 Å². The average molecular weight is 331 g/mol. The summed E-state index contributed by atoms with van der Waals surface area (Å²) in [5.74, 6) is -0.873. The second kappa shape index (κ2) is 8.27. The first kappa shape index (κ1) is 16.1. The van der Waals surface area contributed by atoms with Crippen molar-refractivity contribution in [2.24, 2.45) is 0 Å². The summed E-state index contributed by atoms with van der Waals surface area (Å²) >= 11 is 3.07. The molecule has 19 heavy (non-hydrogen) atoms. The van der Waals surface area contributed by atoms with Crippen LogP contribution in [0.25, 0.3) is 0 Å². The molecular weight excluding hydrogens is 311 g/mol. The lowest BCUT2D eigenvalue weighted by Crippen LogP contribution is -2.30. The molecule has 0 aliphatic carbocycles. The number of rotatable bonds is 7. The van der Waals surface area contributed by atoms with Crippen molar-refractivity contribution in [2.75, 3.05) is 26.2 Å². The topological polar surface area (TPSA) is 32.3 Å². The Balaban J connectivity index is 2.41. The molecule has 0 heterocycles. The van der Waals surface area contributed by atoms with E-state index in [4.69, 9.17) is 0 Å². The van der Waals surface area contributed by atoms with Gasteiger partial charge in [-0.1, -0.05) is 19.9 Å². The van der Waals surface area contributed by atoms with E-state index in [0.29, 0.717) is 11.0 Å². The molecule has 0 fully saturated rings. The second-order valence-corrected chi connectivity index (χ2v) is 5.09. The number of amides is 1. The van der Waals surface area contributed by atoms with E-state index in [1.165, 1.54) is 6.07 Å². The van der Waals surface area contributed by atoms with E-state index >= 15 is 0 Å². The van der Waals surface area contributed by atoms with Crippen molar-refractivity contribution < 1.29 is 9.18 Å². The molecule has 0 saturated carbocycles. The minimum atomic E-state index is -0.510. The summed E-state index contributed by atoms with van der Waals surface area (Å²) in [6.45, 7) is 7.73. The number of halogens is 2. The highest BCUT2D eigenvalue weighted by Crippen LogP contribution is 2.18. The first-order chi connectivity index (χ1) is 9.10. The fourth-order valence-electron chi connectivity index (χ4n) is 1.82. The lowest BCUT2D eigenvalue weighted by atomic mass is 10.2. The van der Waals surface area contributed by atoms with Crippen LogP contribution in [0.4, 0.5) is 4.39 Å². The zero-order valence-corrected chi connectivity index (χ0v) is 13.0. The zero-order valence-electron chi connectivity index (χ0n) is 11.4. The zero-order chi connectivity index (χ0) is 14.3. The molecule has 3 nitrogen and oxygen atoms in total. The largest absolute Gasteiger partial charge is 0.352 e. The fraction of sp³-hybridized carbons (Fsp3) is 0.500. The van der Waals surface area contributed by atoms with Gasteiger partial charge in [0.2, 0.25) is 0 Å². The summed E-state index contributed by atoms with van der Waals surface area (Å²) < 4.78 is 14.0. The standard InChI is InChI=1S/C14H20BrFN2O/c1-3-18(4-2)10-6-9-17-14(19)11-7-5-8-12(15)13(11)16/h5,7-8H,3-4,6,9-10H2,1-2H3,(H,17,19). The average Bonchev–Trinajstić information content (AvgIpc) is 2.42. The SMILES string of the molecule is CCN(CC)CCCNC(=O)c1cccc(Br)c1F. The highest BCUT2D eigenvalue weighted by molar-refractivity contribution is 9.10. The highest BCUT2D eigenvalue weighted by Gasteiger charge is 2.13. The van der Waals surface area contributed by atoms with Crippen LogP contribution in [0.3, 0.4) is 0 Å². The molecule has 0 aliphatic heterocycles. The Kier molecular flexibility index (Phi) is 7.02. The van der Waals surface area contributed by atoms with Gasteiger partial charge in [0.05, 0.1) is 10.0 Å². The molecule has 1 rings (SSSR count). The van der Waals surface area contributed by atoms with Crippen LogP contribution < -0.4 is 5.32 Å². The number of hydrogen-bond acceptors (Lipinski definition) is 2. The summed E-state index contributed by atoms with van der Waals surface area (Å²) in [6.07, 6.45) is 0.864. The maximum Gasteiger partial charge on any atom is 0.254 e. The van der Waals surface area contributed by atoms with Crippen molar-refractivity contribution in [3.8, 4) is 0 Å². The van der Waals surface area contributed by atoms with Crippen molar-refractivity contribution in [1.29, 1.82) is 0 Å². The van der Waals surface area contributed by atoms with Crippen LogP contribution in [0, 0.1) is 5.82 Å². The van der Waals surface area contributed by atoms with Gasteiger partial charge in [0, 0.05) is 6.54 Å². The molecule has 5 heteroatoms. The van der Waals surface area contributed by atoms with Crippen LogP contribution in [0.15, 0.2) is 22.7 Å². The predicted molar refractivity (Wildman–Crippen MR) is 78.8 cm³/mol. The van der Waals surface area contributed by atoms with Crippen molar-refractivity contribution in [3.05, 3.63) is 34.1 Å². The van der Waals surface area contributed by atoms with Crippen LogP contribution >= 0.6 is 15.9 Å². The van der Waals surface area contributed by atoms with E-state index in [2.05, 4.69) is 40.0 Å². The maximum atomic E-state index is 13.7. The number of nitrogens with one attached hydrogen (secondary N) is 1. The summed E-state index contributed by atoms with van der Waals surface area (Å²) in [5.41, 5.74) is 0.0808. The molecule has 1 aromatic carbocycles. The van der Waals surface area contributed by atoms with Gasteiger partial charge >= 0.3 is 0 Å². The van der Waals surface area contributed by atoms with Gasteiger partial charge in [-0.2, -0.15) is 0 Å². The molecule has 0 spiro atoms. The van der Waals surface area contributed by atoms with Crippen LogP contribution in [-0.2, 0) is 0 Å². The van der Waals surface area contributed by atoms with Gasteiger partial charge < -0.3 is 10.2 Å². The molecule has 106 valence electrons. The van der Waals surface area contributed by atoms with E-state index in [1.807, 2.05) is 0 Å². The molecule has 0 unspecified atom stereocenters. The Hall–Kier alpha value is -0.940. The quantitative estimate of drug-likeness (QED) is 0.779. The first-order valence-corrected chi connectivity index (χ1v) is 7.34. The van der Waals surface area contributed by atoms with E-state index in [0.717, 1.165) is 26.1 Å². The van der Waals surface area contributed by atoms with E-state index in [9.17, 15) is 9.18 Å². The van der Waals surface area contributed by atoms with Crippen molar-refractivity contribution in [1.82, 2.24) is 10.2 Å². The smallest absolute Gasteiger partial charge is 0.254 e. The van der Waals surface area contributed by atoms with Gasteiger partial charge in [-0.3, -0.25) is 4.79 Å². The Labute approximate surface area is 122 Å². The minimum absolute atomic E-state index is 0.0808. The molecule has 0 saturated heterocycles. The van der Waals surface area contributed by atoms with E-state index in [1.54, 1.807) is 12.1 Å². The number of carbonyl (C=O) groups is 1. The lowest BCUT2D eigenvalue weighted by Gasteiger charge is -2.17. The van der Waals surface area contributed by atoms with Crippen LogP contribution in [0.2, 0.25) is 0 Å². The molecule has 1 N–H and O–H groups in total. The third-order valence-electron chi connectivity index (χ3n) is 3.03. The van der Waals surface area contributed by atoms with Crippen molar-refractivity contribution in [2.45, 2.75) is 20.3 Å². The van der Waals surface area contributed by atoms with Crippen LogP contribution in [-0.4, -0.2) is 37.0 Å². The van der Waals surface area contributed by atoms with Crippen LogP contribution in [0.5, 0.6) is 0 Å².